The topological polar surface area (TPSA) is 59.8 Å². The van der Waals surface area contributed by atoms with E-state index in [-0.39, 0.29) is 12.5 Å². The lowest BCUT2D eigenvalue weighted by Crippen LogP contribution is -2.30. The van der Waals surface area contributed by atoms with Crippen LogP contribution >= 0.6 is 0 Å². The highest BCUT2D eigenvalue weighted by molar-refractivity contribution is 5.27. The smallest absolute Gasteiger partial charge is 0.119 e. The first-order chi connectivity index (χ1) is 11.8. The molecule has 0 saturated carbocycles. The molecule has 1 aliphatic heterocycles. The van der Waals surface area contributed by atoms with Crippen LogP contribution in [0.3, 0.4) is 0 Å². The summed E-state index contributed by atoms with van der Waals surface area (Å²) in [5, 5.41) is 9.36. The number of benzene rings is 1. The highest BCUT2D eigenvalue weighted by atomic mass is 16.5. The van der Waals surface area contributed by atoms with Crippen molar-refractivity contribution in [2.24, 2.45) is 5.92 Å². The molecule has 0 spiro atoms. The zero-order valence-corrected chi connectivity index (χ0v) is 13.9. The van der Waals surface area contributed by atoms with Crippen LogP contribution in [0.5, 0.6) is 5.75 Å². The van der Waals surface area contributed by atoms with Crippen molar-refractivity contribution in [2.75, 3.05) is 39.5 Å². The number of ether oxygens (including phenoxy) is 2. The molecular formula is C18H25N3O3. The Morgan fingerprint density at radius 1 is 1.29 bits per heavy atom. The van der Waals surface area contributed by atoms with Crippen LogP contribution in [0.1, 0.15) is 5.56 Å². The van der Waals surface area contributed by atoms with Gasteiger partial charge < -0.3 is 19.1 Å². The third kappa shape index (κ3) is 5.06. The molecule has 2 aromatic rings. The van der Waals surface area contributed by atoms with Gasteiger partial charge in [-0.15, -0.1) is 0 Å². The molecule has 0 bridgehead atoms. The van der Waals surface area contributed by atoms with Crippen molar-refractivity contribution in [1.82, 2.24) is 14.5 Å². The minimum absolute atomic E-state index is 0.181. The van der Waals surface area contributed by atoms with Crippen LogP contribution in [0.2, 0.25) is 0 Å². The molecular weight excluding hydrogens is 306 g/mol. The Labute approximate surface area is 142 Å². The van der Waals surface area contributed by atoms with E-state index in [0.29, 0.717) is 13.2 Å². The standard InChI is InChI=1S/C18H25N3O3/c22-13-17-12-21(7-9-23-14-17)11-16-1-3-18(4-2-16)24-10-8-20-6-5-19-15-20/h1-6,15,17,22H,7-14H2. The van der Waals surface area contributed by atoms with Crippen LogP contribution in [0.25, 0.3) is 0 Å². The van der Waals surface area contributed by atoms with Crippen molar-refractivity contribution in [3.63, 3.8) is 0 Å². The van der Waals surface area contributed by atoms with E-state index < -0.39 is 0 Å². The van der Waals surface area contributed by atoms with Gasteiger partial charge in [0.15, 0.2) is 0 Å². The minimum atomic E-state index is 0.181. The van der Waals surface area contributed by atoms with Crippen molar-refractivity contribution in [3.05, 3.63) is 48.5 Å². The van der Waals surface area contributed by atoms with E-state index in [0.717, 1.165) is 38.5 Å². The Morgan fingerprint density at radius 2 is 2.17 bits per heavy atom. The Kier molecular flexibility index (Phi) is 6.23. The quantitative estimate of drug-likeness (QED) is 0.831. The average molecular weight is 331 g/mol. The lowest BCUT2D eigenvalue weighted by Gasteiger charge is -2.22. The number of nitrogens with zero attached hydrogens (tertiary/aromatic N) is 3. The Bertz CT molecular complexity index is 586. The van der Waals surface area contributed by atoms with E-state index in [4.69, 9.17) is 9.47 Å². The van der Waals surface area contributed by atoms with E-state index in [2.05, 4.69) is 22.0 Å². The van der Waals surface area contributed by atoms with Crippen LogP contribution in [0, 0.1) is 5.92 Å². The van der Waals surface area contributed by atoms with Gasteiger partial charge in [-0.2, -0.15) is 0 Å². The fraction of sp³-hybridized carbons (Fsp3) is 0.500. The fourth-order valence-electron chi connectivity index (χ4n) is 2.84. The maximum atomic E-state index is 9.36. The van der Waals surface area contributed by atoms with Gasteiger partial charge in [0.1, 0.15) is 12.4 Å². The zero-order chi connectivity index (χ0) is 16.6. The van der Waals surface area contributed by atoms with Crippen molar-refractivity contribution < 1.29 is 14.6 Å². The molecule has 1 aromatic carbocycles. The summed E-state index contributed by atoms with van der Waals surface area (Å²) in [5.41, 5.74) is 1.25. The number of rotatable bonds is 7. The summed E-state index contributed by atoms with van der Waals surface area (Å²) < 4.78 is 13.3. The average Bonchev–Trinajstić information content (AvgIpc) is 3.02. The van der Waals surface area contributed by atoms with E-state index in [1.165, 1.54) is 5.56 Å². The van der Waals surface area contributed by atoms with E-state index >= 15 is 0 Å². The largest absolute Gasteiger partial charge is 0.492 e. The molecule has 6 nitrogen and oxygen atoms in total. The zero-order valence-electron chi connectivity index (χ0n) is 13.9. The van der Waals surface area contributed by atoms with Crippen molar-refractivity contribution in [2.45, 2.75) is 13.1 Å². The second-order valence-electron chi connectivity index (χ2n) is 6.15. The molecule has 0 amide bonds. The summed E-state index contributed by atoms with van der Waals surface area (Å²) in [7, 11) is 0. The highest BCUT2D eigenvalue weighted by Crippen LogP contribution is 2.15. The normalized spacial score (nSPS) is 19.1. The lowest BCUT2D eigenvalue weighted by atomic mass is 10.1. The maximum absolute atomic E-state index is 9.36. The third-order valence-electron chi connectivity index (χ3n) is 4.19. The number of hydrogen-bond acceptors (Lipinski definition) is 5. The van der Waals surface area contributed by atoms with Gasteiger partial charge in [-0.3, -0.25) is 4.90 Å². The van der Waals surface area contributed by atoms with E-state index in [1.54, 1.807) is 12.5 Å². The van der Waals surface area contributed by atoms with Crippen molar-refractivity contribution in [1.29, 1.82) is 0 Å². The summed E-state index contributed by atoms with van der Waals surface area (Å²) in [6.45, 7) is 5.62. The number of aliphatic hydroxyl groups excluding tert-OH is 1. The van der Waals surface area contributed by atoms with Gasteiger partial charge in [-0.25, -0.2) is 4.98 Å². The van der Waals surface area contributed by atoms with E-state index in [1.807, 2.05) is 22.9 Å². The minimum Gasteiger partial charge on any atom is -0.492 e. The van der Waals surface area contributed by atoms with Crippen LogP contribution in [-0.2, 0) is 17.8 Å². The Balaban J connectivity index is 1.46. The monoisotopic (exact) mass is 331 g/mol. The predicted molar refractivity (Wildman–Crippen MR) is 90.8 cm³/mol. The third-order valence-corrected chi connectivity index (χ3v) is 4.19. The molecule has 1 fully saturated rings. The molecule has 2 heterocycles. The van der Waals surface area contributed by atoms with Crippen molar-refractivity contribution in [3.8, 4) is 5.75 Å². The molecule has 0 aliphatic carbocycles. The van der Waals surface area contributed by atoms with Gasteiger partial charge in [-0.05, 0) is 17.7 Å². The predicted octanol–water partition coefficient (Wildman–Crippen LogP) is 1.40. The maximum Gasteiger partial charge on any atom is 0.119 e. The fourth-order valence-corrected chi connectivity index (χ4v) is 2.84. The lowest BCUT2D eigenvalue weighted by molar-refractivity contribution is 0.0958. The second kappa shape index (κ2) is 8.82. The van der Waals surface area contributed by atoms with Crippen LogP contribution in [-0.4, -0.2) is 59.1 Å². The molecule has 6 heteroatoms. The molecule has 1 N–H and O–H groups in total. The van der Waals surface area contributed by atoms with Gasteiger partial charge in [0.05, 0.1) is 26.1 Å². The second-order valence-corrected chi connectivity index (χ2v) is 6.15. The number of hydrogen-bond donors (Lipinski definition) is 1. The first kappa shape index (κ1) is 17.0. The Morgan fingerprint density at radius 3 is 2.92 bits per heavy atom. The summed E-state index contributed by atoms with van der Waals surface area (Å²) in [6, 6.07) is 8.24. The van der Waals surface area contributed by atoms with E-state index in [9.17, 15) is 5.11 Å². The van der Waals surface area contributed by atoms with Crippen LogP contribution in [0.4, 0.5) is 0 Å². The van der Waals surface area contributed by atoms with Gasteiger partial charge in [-0.1, -0.05) is 12.1 Å². The molecule has 0 radical (unpaired) electrons. The van der Waals surface area contributed by atoms with Gasteiger partial charge in [0.2, 0.25) is 0 Å². The van der Waals surface area contributed by atoms with Gasteiger partial charge in [0.25, 0.3) is 0 Å². The van der Waals surface area contributed by atoms with Gasteiger partial charge >= 0.3 is 0 Å². The summed E-state index contributed by atoms with van der Waals surface area (Å²) in [4.78, 5) is 6.35. The van der Waals surface area contributed by atoms with Crippen LogP contribution < -0.4 is 4.74 Å². The first-order valence-corrected chi connectivity index (χ1v) is 8.42. The molecule has 1 aromatic heterocycles. The molecule has 3 rings (SSSR count). The Hall–Kier alpha value is -1.89. The first-order valence-electron chi connectivity index (χ1n) is 8.42. The molecule has 130 valence electrons. The number of aliphatic hydroxyl groups is 1. The number of aromatic nitrogens is 2. The van der Waals surface area contributed by atoms with Crippen molar-refractivity contribution >= 4 is 0 Å². The molecule has 1 saturated heterocycles. The molecule has 1 atom stereocenters. The molecule has 1 unspecified atom stereocenters. The number of imidazole rings is 1. The van der Waals surface area contributed by atoms with Gasteiger partial charge in [0, 0.05) is 44.6 Å². The summed E-state index contributed by atoms with van der Waals surface area (Å²) in [5.74, 6) is 1.09. The molecule has 1 aliphatic rings. The van der Waals surface area contributed by atoms with Crippen LogP contribution in [0.15, 0.2) is 43.0 Å². The summed E-state index contributed by atoms with van der Waals surface area (Å²) >= 11 is 0. The molecule has 24 heavy (non-hydrogen) atoms. The highest BCUT2D eigenvalue weighted by Gasteiger charge is 2.17. The summed E-state index contributed by atoms with van der Waals surface area (Å²) in [6.07, 6.45) is 5.48. The SMILES string of the molecule is OCC1COCCN(Cc2ccc(OCCn3ccnc3)cc2)C1.